The molecule has 0 saturated carbocycles. The lowest BCUT2D eigenvalue weighted by molar-refractivity contribution is -0.145. The van der Waals surface area contributed by atoms with Crippen molar-refractivity contribution in [1.82, 2.24) is 9.97 Å². The second-order valence-corrected chi connectivity index (χ2v) is 5.92. The average molecular weight is 279 g/mol. The molecular formula is C14H21N3O3. The van der Waals surface area contributed by atoms with Gasteiger partial charge < -0.3 is 5.11 Å². The van der Waals surface area contributed by atoms with E-state index in [9.17, 15) is 9.59 Å². The Labute approximate surface area is 118 Å². The summed E-state index contributed by atoms with van der Waals surface area (Å²) in [7, 11) is 0. The molecule has 6 nitrogen and oxygen atoms in total. The van der Waals surface area contributed by atoms with Crippen LogP contribution in [0.2, 0.25) is 0 Å². The number of carbonyl (C=O) groups excluding carboxylic acids is 1. The van der Waals surface area contributed by atoms with Crippen molar-refractivity contribution in [2.24, 2.45) is 11.8 Å². The number of rotatable bonds is 4. The highest BCUT2D eigenvalue weighted by Gasteiger charge is 2.26. The summed E-state index contributed by atoms with van der Waals surface area (Å²) in [5, 5.41) is 11.5. The van der Waals surface area contributed by atoms with Gasteiger partial charge in [-0.25, -0.2) is 9.97 Å². The van der Waals surface area contributed by atoms with Crippen LogP contribution in [0.1, 0.15) is 40.3 Å². The summed E-state index contributed by atoms with van der Waals surface area (Å²) in [4.78, 5) is 31.1. The zero-order valence-electron chi connectivity index (χ0n) is 12.5. The molecule has 1 aromatic heterocycles. The van der Waals surface area contributed by atoms with E-state index in [2.05, 4.69) is 15.3 Å². The fourth-order valence-electron chi connectivity index (χ4n) is 1.50. The normalized spacial score (nSPS) is 14.4. The Balaban J connectivity index is 2.84. The van der Waals surface area contributed by atoms with E-state index in [1.54, 1.807) is 19.2 Å². The van der Waals surface area contributed by atoms with Gasteiger partial charge in [0.25, 0.3) is 0 Å². The third-order valence-electron chi connectivity index (χ3n) is 3.21. The molecule has 2 unspecified atom stereocenters. The topological polar surface area (TPSA) is 92.2 Å². The van der Waals surface area contributed by atoms with Gasteiger partial charge in [-0.2, -0.15) is 0 Å². The van der Waals surface area contributed by atoms with Crippen LogP contribution in [0.3, 0.4) is 0 Å². The number of nitrogens with zero attached hydrogens (tertiary/aromatic N) is 2. The van der Waals surface area contributed by atoms with Crippen molar-refractivity contribution in [1.29, 1.82) is 0 Å². The van der Waals surface area contributed by atoms with Crippen LogP contribution in [0.5, 0.6) is 0 Å². The molecular weight excluding hydrogens is 258 g/mol. The lowest BCUT2D eigenvalue weighted by Crippen LogP contribution is -2.30. The quantitative estimate of drug-likeness (QED) is 0.880. The van der Waals surface area contributed by atoms with Crippen molar-refractivity contribution in [3.8, 4) is 0 Å². The molecule has 2 atom stereocenters. The maximum atomic E-state index is 12.0. The Morgan fingerprint density at radius 2 is 1.85 bits per heavy atom. The largest absolute Gasteiger partial charge is 0.481 e. The molecule has 0 aliphatic rings. The second kappa shape index (κ2) is 5.98. The lowest BCUT2D eigenvalue weighted by atomic mass is 9.92. The molecule has 0 radical (unpaired) electrons. The smallest absolute Gasteiger partial charge is 0.307 e. The molecule has 0 spiro atoms. The first-order chi connectivity index (χ1) is 9.12. The van der Waals surface area contributed by atoms with Gasteiger partial charge >= 0.3 is 5.97 Å². The van der Waals surface area contributed by atoms with Crippen LogP contribution < -0.4 is 5.32 Å². The molecule has 20 heavy (non-hydrogen) atoms. The van der Waals surface area contributed by atoms with E-state index in [1.165, 1.54) is 6.92 Å². The van der Waals surface area contributed by atoms with Crippen molar-refractivity contribution < 1.29 is 14.7 Å². The summed E-state index contributed by atoms with van der Waals surface area (Å²) in [6, 6.07) is 1.79. The zero-order valence-corrected chi connectivity index (χ0v) is 12.5. The van der Waals surface area contributed by atoms with Crippen LogP contribution in [0.25, 0.3) is 0 Å². The standard InChI is InChI=1S/C14H21N3O3/c1-8(9(2)12(19)20)11(18)17-13-15-7-6-10(16-13)14(3,4)5/h6-9H,1-5H3,(H,19,20)(H,15,16,17,18). The monoisotopic (exact) mass is 279 g/mol. The van der Waals surface area contributed by atoms with Gasteiger partial charge in [-0.3, -0.25) is 14.9 Å². The molecule has 0 aromatic carbocycles. The molecule has 1 heterocycles. The number of hydrogen-bond acceptors (Lipinski definition) is 4. The maximum Gasteiger partial charge on any atom is 0.307 e. The van der Waals surface area contributed by atoms with Gasteiger partial charge in [0.15, 0.2) is 0 Å². The molecule has 0 saturated heterocycles. The molecule has 1 amide bonds. The lowest BCUT2D eigenvalue weighted by Gasteiger charge is -2.19. The Morgan fingerprint density at radius 1 is 1.25 bits per heavy atom. The van der Waals surface area contributed by atoms with E-state index < -0.39 is 23.7 Å². The maximum absolute atomic E-state index is 12.0. The number of aromatic nitrogens is 2. The van der Waals surface area contributed by atoms with E-state index in [-0.39, 0.29) is 11.4 Å². The fourth-order valence-corrected chi connectivity index (χ4v) is 1.50. The Kier molecular flexibility index (Phi) is 4.81. The highest BCUT2D eigenvalue weighted by molar-refractivity contribution is 5.93. The number of carbonyl (C=O) groups is 2. The highest BCUT2D eigenvalue weighted by atomic mass is 16.4. The number of amides is 1. The molecule has 2 N–H and O–H groups in total. The average Bonchev–Trinajstić information content (AvgIpc) is 2.36. The van der Waals surface area contributed by atoms with Gasteiger partial charge in [0.1, 0.15) is 0 Å². The zero-order chi connectivity index (χ0) is 15.5. The van der Waals surface area contributed by atoms with Crippen LogP contribution in [0, 0.1) is 11.8 Å². The minimum atomic E-state index is -1.00. The number of carboxylic acids is 1. The minimum absolute atomic E-state index is 0.150. The number of nitrogens with one attached hydrogen (secondary N) is 1. The molecule has 0 aliphatic carbocycles. The fraction of sp³-hybridized carbons (Fsp3) is 0.571. The van der Waals surface area contributed by atoms with Crippen LogP contribution in [-0.4, -0.2) is 27.0 Å². The molecule has 0 bridgehead atoms. The van der Waals surface area contributed by atoms with Crippen LogP contribution in [-0.2, 0) is 15.0 Å². The number of hydrogen-bond donors (Lipinski definition) is 2. The first-order valence-corrected chi connectivity index (χ1v) is 6.50. The summed E-state index contributed by atoms with van der Waals surface area (Å²) in [5.74, 6) is -2.62. The Bertz CT molecular complexity index is 509. The van der Waals surface area contributed by atoms with E-state index in [0.717, 1.165) is 5.69 Å². The SMILES string of the molecule is CC(C(=O)O)C(C)C(=O)Nc1nccc(C(C)(C)C)n1. The van der Waals surface area contributed by atoms with E-state index >= 15 is 0 Å². The number of aliphatic carboxylic acids is 1. The minimum Gasteiger partial charge on any atom is -0.481 e. The van der Waals surface area contributed by atoms with Crippen LogP contribution in [0.4, 0.5) is 5.95 Å². The van der Waals surface area contributed by atoms with Gasteiger partial charge in [-0.05, 0) is 6.07 Å². The highest BCUT2D eigenvalue weighted by Crippen LogP contribution is 2.20. The predicted molar refractivity (Wildman–Crippen MR) is 75.3 cm³/mol. The molecule has 1 rings (SSSR count). The second-order valence-electron chi connectivity index (χ2n) is 5.92. The van der Waals surface area contributed by atoms with E-state index in [0.29, 0.717) is 0 Å². The molecule has 110 valence electrons. The summed E-state index contributed by atoms with van der Waals surface area (Å²) >= 11 is 0. The van der Waals surface area contributed by atoms with Crippen molar-refractivity contribution in [3.63, 3.8) is 0 Å². The summed E-state index contributed by atoms with van der Waals surface area (Å²) in [6.07, 6.45) is 1.58. The van der Waals surface area contributed by atoms with Crippen molar-refractivity contribution in [2.75, 3.05) is 5.32 Å². The van der Waals surface area contributed by atoms with Gasteiger partial charge in [0, 0.05) is 17.5 Å². The Hall–Kier alpha value is -1.98. The van der Waals surface area contributed by atoms with E-state index in [1.807, 2.05) is 20.8 Å². The van der Waals surface area contributed by atoms with Gasteiger partial charge in [-0.1, -0.05) is 34.6 Å². The summed E-state index contributed by atoms with van der Waals surface area (Å²) in [5.41, 5.74) is 0.657. The summed E-state index contributed by atoms with van der Waals surface area (Å²) < 4.78 is 0. The third-order valence-corrected chi connectivity index (χ3v) is 3.21. The predicted octanol–water partition coefficient (Wildman–Crippen LogP) is 2.07. The van der Waals surface area contributed by atoms with Crippen LogP contribution in [0.15, 0.2) is 12.3 Å². The molecule has 0 aliphatic heterocycles. The van der Waals surface area contributed by atoms with Gasteiger partial charge in [-0.15, -0.1) is 0 Å². The van der Waals surface area contributed by atoms with Gasteiger partial charge in [0.2, 0.25) is 11.9 Å². The first kappa shape index (κ1) is 16.1. The third kappa shape index (κ3) is 4.01. The van der Waals surface area contributed by atoms with E-state index in [4.69, 9.17) is 5.11 Å². The van der Waals surface area contributed by atoms with Crippen molar-refractivity contribution >= 4 is 17.8 Å². The van der Waals surface area contributed by atoms with Crippen LogP contribution >= 0.6 is 0 Å². The molecule has 0 fully saturated rings. The van der Waals surface area contributed by atoms with Crippen molar-refractivity contribution in [2.45, 2.75) is 40.0 Å². The molecule has 6 heteroatoms. The number of carboxylic acid groups (broad SMARTS) is 1. The molecule has 1 aromatic rings. The summed E-state index contributed by atoms with van der Waals surface area (Å²) in [6.45, 7) is 9.10. The number of anilines is 1. The van der Waals surface area contributed by atoms with Crippen molar-refractivity contribution in [3.05, 3.63) is 18.0 Å². The van der Waals surface area contributed by atoms with Gasteiger partial charge in [0.05, 0.1) is 11.6 Å². The first-order valence-electron chi connectivity index (χ1n) is 6.50. The Morgan fingerprint density at radius 3 is 2.35 bits per heavy atom.